The highest BCUT2D eigenvalue weighted by Gasteiger charge is 2.42. The van der Waals surface area contributed by atoms with Crippen LogP contribution in [0, 0.1) is 11.8 Å². The Hall–Kier alpha value is -0.490. The lowest BCUT2D eigenvalue weighted by molar-refractivity contribution is -0.119. The number of thioether (sulfide) groups is 1. The minimum atomic E-state index is -3.42. The number of amides is 1. The zero-order valence-electron chi connectivity index (χ0n) is 17.0. The first-order valence-electron chi connectivity index (χ1n) is 10.7. The number of rotatable bonds is 12. The van der Waals surface area contributed by atoms with Crippen molar-refractivity contribution in [2.75, 3.05) is 6.26 Å². The fourth-order valence-corrected chi connectivity index (χ4v) is 6.90. The van der Waals surface area contributed by atoms with Gasteiger partial charge in [-0.15, -0.1) is 0 Å². The molecule has 1 aliphatic heterocycles. The maximum atomic E-state index is 11.5. The predicted molar refractivity (Wildman–Crippen MR) is 115 cm³/mol. The van der Waals surface area contributed by atoms with Crippen LogP contribution in [0.25, 0.3) is 0 Å². The molecule has 2 rings (SSSR count). The van der Waals surface area contributed by atoms with Crippen LogP contribution in [-0.2, 0) is 14.8 Å². The number of hydrogen-bond donors (Lipinski definition) is 1. The van der Waals surface area contributed by atoms with E-state index >= 15 is 0 Å². The monoisotopic (exact) mass is 415 g/mol. The molecule has 27 heavy (non-hydrogen) atoms. The van der Waals surface area contributed by atoms with Gasteiger partial charge >= 0.3 is 0 Å². The van der Waals surface area contributed by atoms with E-state index in [2.05, 4.69) is 30.8 Å². The number of carbonyl (C=O) groups excluding carboxylic acids is 1. The van der Waals surface area contributed by atoms with E-state index < -0.39 is 10.0 Å². The van der Waals surface area contributed by atoms with Crippen LogP contribution in [0.5, 0.6) is 0 Å². The van der Waals surface area contributed by atoms with Gasteiger partial charge in [-0.05, 0) is 56.8 Å². The van der Waals surface area contributed by atoms with Gasteiger partial charge in [-0.3, -0.25) is 9.52 Å². The molecule has 0 bridgehead atoms. The zero-order valence-corrected chi connectivity index (χ0v) is 18.6. The molecule has 2 aliphatic rings. The van der Waals surface area contributed by atoms with Crippen molar-refractivity contribution < 1.29 is 13.2 Å². The first-order chi connectivity index (χ1) is 12.9. The second kappa shape index (κ2) is 11.5. The molecule has 1 saturated heterocycles. The Morgan fingerprint density at radius 2 is 1.96 bits per heavy atom. The molecular weight excluding hydrogens is 378 g/mol. The van der Waals surface area contributed by atoms with Gasteiger partial charge in [-0.1, -0.05) is 44.8 Å². The highest BCUT2D eigenvalue weighted by atomic mass is 32.2. The number of nitrogens with one attached hydrogen (secondary N) is 1. The van der Waals surface area contributed by atoms with E-state index in [9.17, 15) is 13.2 Å². The average molecular weight is 416 g/mol. The summed E-state index contributed by atoms with van der Waals surface area (Å²) in [5.41, 5.74) is 0. The van der Waals surface area contributed by atoms with Gasteiger partial charge < -0.3 is 0 Å². The minimum Gasteiger partial charge on any atom is -0.274 e. The van der Waals surface area contributed by atoms with Crippen LogP contribution in [0.2, 0.25) is 0 Å². The number of allylic oxidation sites excluding steroid dienone is 2. The van der Waals surface area contributed by atoms with Crippen LogP contribution in [-0.4, -0.2) is 31.1 Å². The second-order valence-corrected chi connectivity index (χ2v) is 11.6. The van der Waals surface area contributed by atoms with E-state index in [0.717, 1.165) is 47.9 Å². The molecule has 1 unspecified atom stereocenters. The van der Waals surface area contributed by atoms with Gasteiger partial charge in [0.2, 0.25) is 15.9 Å². The van der Waals surface area contributed by atoms with Crippen molar-refractivity contribution in [3.63, 3.8) is 0 Å². The first-order valence-corrected chi connectivity index (χ1v) is 13.5. The standard InChI is InChI=1S/C21H37NO3S2/c1-3-4-5-6-7-8-11-17-14-15-20-19(17)16-18(26-20)12-9-10-13-21(23)22-27(2,24)25/h8,11,17-20H,3-7,9-10,12-16H2,1-2H3,(H,22,23)/t17-,18?,19+,20+/m0/s1. The molecule has 1 amide bonds. The zero-order chi connectivity index (χ0) is 19.7. The third-order valence-corrected chi connectivity index (χ3v) is 8.15. The number of sulfonamides is 1. The third kappa shape index (κ3) is 8.59. The van der Waals surface area contributed by atoms with Crippen molar-refractivity contribution in [2.45, 2.75) is 94.5 Å². The molecule has 0 spiro atoms. The fraction of sp³-hybridized carbons (Fsp3) is 0.857. The first kappa shape index (κ1) is 22.8. The summed E-state index contributed by atoms with van der Waals surface area (Å²) < 4.78 is 24.1. The van der Waals surface area contributed by atoms with Crippen molar-refractivity contribution in [3.8, 4) is 0 Å². The quantitative estimate of drug-likeness (QED) is 0.358. The molecule has 6 heteroatoms. The van der Waals surface area contributed by atoms with Gasteiger partial charge in [-0.2, -0.15) is 11.8 Å². The number of carbonyl (C=O) groups is 1. The van der Waals surface area contributed by atoms with Crippen LogP contribution in [0.4, 0.5) is 0 Å². The molecule has 1 aliphatic carbocycles. The van der Waals surface area contributed by atoms with Gasteiger partial charge in [-0.25, -0.2) is 8.42 Å². The van der Waals surface area contributed by atoms with E-state index in [4.69, 9.17) is 0 Å². The smallest absolute Gasteiger partial charge is 0.233 e. The molecule has 0 radical (unpaired) electrons. The molecule has 0 aromatic carbocycles. The van der Waals surface area contributed by atoms with E-state index in [0.29, 0.717) is 6.42 Å². The summed E-state index contributed by atoms with van der Waals surface area (Å²) in [5.74, 6) is 1.25. The van der Waals surface area contributed by atoms with Crippen molar-refractivity contribution in [2.24, 2.45) is 11.8 Å². The molecule has 1 N–H and O–H groups in total. The Morgan fingerprint density at radius 1 is 1.15 bits per heavy atom. The van der Waals surface area contributed by atoms with Crippen LogP contribution < -0.4 is 4.72 Å². The summed E-state index contributed by atoms with van der Waals surface area (Å²) in [5, 5.41) is 1.55. The van der Waals surface area contributed by atoms with Gasteiger partial charge in [0.05, 0.1) is 6.26 Å². The highest BCUT2D eigenvalue weighted by molar-refractivity contribution is 8.00. The van der Waals surface area contributed by atoms with E-state index in [1.165, 1.54) is 51.4 Å². The molecule has 2 fully saturated rings. The third-order valence-electron chi connectivity index (χ3n) is 5.80. The summed E-state index contributed by atoms with van der Waals surface area (Å²) in [7, 11) is -3.42. The van der Waals surface area contributed by atoms with Crippen LogP contribution >= 0.6 is 11.8 Å². The summed E-state index contributed by atoms with van der Waals surface area (Å²) in [6.45, 7) is 2.26. The predicted octanol–water partition coefficient (Wildman–Crippen LogP) is 5.05. The van der Waals surface area contributed by atoms with Crippen LogP contribution in [0.1, 0.15) is 84.0 Å². The van der Waals surface area contributed by atoms with Gasteiger partial charge in [0.25, 0.3) is 0 Å². The Kier molecular flexibility index (Phi) is 9.71. The molecule has 0 aromatic heterocycles. The van der Waals surface area contributed by atoms with Crippen LogP contribution in [0.3, 0.4) is 0 Å². The molecule has 4 atom stereocenters. The van der Waals surface area contributed by atoms with Gasteiger partial charge in [0, 0.05) is 16.9 Å². The largest absolute Gasteiger partial charge is 0.274 e. The Balaban J connectivity index is 1.61. The van der Waals surface area contributed by atoms with E-state index in [-0.39, 0.29) is 5.91 Å². The second-order valence-electron chi connectivity index (χ2n) is 8.26. The Labute approximate surface area is 170 Å². The number of hydrogen-bond acceptors (Lipinski definition) is 4. The van der Waals surface area contributed by atoms with Crippen molar-refractivity contribution in [3.05, 3.63) is 12.2 Å². The Morgan fingerprint density at radius 3 is 2.70 bits per heavy atom. The maximum absolute atomic E-state index is 11.5. The number of fused-ring (bicyclic) bond motifs is 1. The van der Waals surface area contributed by atoms with Crippen molar-refractivity contribution in [1.29, 1.82) is 0 Å². The SMILES string of the molecule is CCCCCCC=C[C@H]1CC[C@H]2SC(CCCCC(=O)NS(C)(=O)=O)C[C@H]12. The van der Waals surface area contributed by atoms with Gasteiger partial charge in [0.1, 0.15) is 0 Å². The molecule has 1 heterocycles. The lowest BCUT2D eigenvalue weighted by Gasteiger charge is -2.14. The van der Waals surface area contributed by atoms with E-state index in [1.54, 1.807) is 0 Å². The topological polar surface area (TPSA) is 63.2 Å². The summed E-state index contributed by atoms with van der Waals surface area (Å²) in [4.78, 5) is 11.5. The summed E-state index contributed by atoms with van der Waals surface area (Å²) in [6, 6.07) is 0. The molecule has 4 nitrogen and oxygen atoms in total. The van der Waals surface area contributed by atoms with Crippen molar-refractivity contribution >= 4 is 27.7 Å². The summed E-state index contributed by atoms with van der Waals surface area (Å²) in [6.07, 6.45) is 19.8. The van der Waals surface area contributed by atoms with Crippen molar-refractivity contribution in [1.82, 2.24) is 4.72 Å². The molecule has 1 saturated carbocycles. The Bertz CT molecular complexity index is 588. The molecular formula is C21H37NO3S2. The van der Waals surface area contributed by atoms with Gasteiger partial charge in [0.15, 0.2) is 0 Å². The number of unbranched alkanes of at least 4 members (excludes halogenated alkanes) is 5. The summed E-state index contributed by atoms with van der Waals surface area (Å²) >= 11 is 2.17. The van der Waals surface area contributed by atoms with Crippen LogP contribution in [0.15, 0.2) is 12.2 Å². The normalized spacial score (nSPS) is 27.9. The lowest BCUT2D eigenvalue weighted by atomic mass is 9.90. The average Bonchev–Trinajstić information content (AvgIpc) is 3.14. The lowest BCUT2D eigenvalue weighted by Crippen LogP contribution is -2.28. The molecule has 0 aromatic rings. The maximum Gasteiger partial charge on any atom is 0.233 e. The highest BCUT2D eigenvalue weighted by Crippen LogP contribution is 2.52. The minimum absolute atomic E-state index is 0.306. The fourth-order valence-electron chi connectivity index (χ4n) is 4.46. The molecule has 156 valence electrons. The van der Waals surface area contributed by atoms with E-state index in [1.807, 2.05) is 4.72 Å².